The summed E-state index contributed by atoms with van der Waals surface area (Å²) in [6, 6.07) is 39.6. The Morgan fingerprint density at radius 1 is 0.607 bits per heavy atom. The fourth-order valence-corrected chi connectivity index (χ4v) is 7.43. The fraction of sp³-hybridized carbons (Fsp3) is 0.191. The van der Waals surface area contributed by atoms with Crippen LogP contribution in [0, 0.1) is 27.3 Å². The predicted octanol–water partition coefficient (Wildman–Crippen LogP) is 10.2. The summed E-state index contributed by atoms with van der Waals surface area (Å²) in [6.45, 7) is 11.4. The van der Waals surface area contributed by atoms with Crippen LogP contribution in [0.2, 0.25) is 0 Å². The summed E-state index contributed by atoms with van der Waals surface area (Å²) < 4.78 is 25.8. The van der Waals surface area contributed by atoms with E-state index in [1.165, 1.54) is 11.8 Å². The number of fused-ring (bicyclic) bond motifs is 3. The molecule has 6 heterocycles. The van der Waals surface area contributed by atoms with Gasteiger partial charge in [0.15, 0.2) is 17.2 Å². The average Bonchev–Trinajstić information content (AvgIpc) is 3.23. The van der Waals surface area contributed by atoms with Crippen molar-refractivity contribution in [2.75, 3.05) is 0 Å². The number of para-hydroxylation sites is 1. The Hall–Kier alpha value is -7.13. The summed E-state index contributed by atoms with van der Waals surface area (Å²) in [5.74, 6) is 3.97. The van der Waals surface area contributed by atoms with E-state index < -0.39 is 17.2 Å². The average molecular weight is 845 g/mol. The van der Waals surface area contributed by atoms with Gasteiger partial charge in [0, 0.05) is 24.7 Å². The first-order valence-corrected chi connectivity index (χ1v) is 20.3. The largest absolute Gasteiger partial charge is 0.466 e. The van der Waals surface area contributed by atoms with Crippen LogP contribution in [0.5, 0.6) is 23.1 Å². The summed E-state index contributed by atoms with van der Waals surface area (Å²) >= 11 is 6.85. The SMILES string of the molecule is CC1(C)N=C(Oc2ccccn2)c2ccccc2O1.CC1(C)N=C(Sc2ccccn2)c2cc(C#N)ccc2O1.CC1(C)N=C(n2ccccc2=S)c2cc(C#N)ccc2O1. The molecule has 0 N–H and O–H groups in total. The van der Waals surface area contributed by atoms with E-state index in [4.69, 9.17) is 41.7 Å². The number of aromatic nitrogens is 3. The van der Waals surface area contributed by atoms with Crippen LogP contribution in [-0.2, 0) is 0 Å². The molecule has 0 saturated heterocycles. The Morgan fingerprint density at radius 2 is 1.18 bits per heavy atom. The number of aliphatic imine (C=N–C) groups is 3. The molecule has 0 atom stereocenters. The van der Waals surface area contributed by atoms with E-state index in [1.807, 2.05) is 131 Å². The molecule has 0 radical (unpaired) electrons. The molecular weight excluding hydrogens is 805 g/mol. The lowest BCUT2D eigenvalue weighted by Crippen LogP contribution is -2.34. The normalized spacial score (nSPS) is 15.6. The highest BCUT2D eigenvalue weighted by Gasteiger charge is 2.31. The van der Waals surface area contributed by atoms with Crippen molar-refractivity contribution in [2.45, 2.75) is 63.7 Å². The van der Waals surface area contributed by atoms with Gasteiger partial charge in [0.25, 0.3) is 0 Å². The number of thioether (sulfide) groups is 1. The molecule has 61 heavy (non-hydrogen) atoms. The van der Waals surface area contributed by atoms with Gasteiger partial charge in [0.1, 0.15) is 37.8 Å². The zero-order valence-corrected chi connectivity index (χ0v) is 35.9. The molecule has 0 unspecified atom stereocenters. The van der Waals surface area contributed by atoms with Crippen LogP contribution in [0.15, 0.2) is 154 Å². The molecule has 3 aliphatic rings. The molecule has 12 nitrogen and oxygen atoms in total. The van der Waals surface area contributed by atoms with Crippen LogP contribution in [0.3, 0.4) is 0 Å². The summed E-state index contributed by atoms with van der Waals surface area (Å²) in [6.07, 6.45) is 5.30. The predicted molar refractivity (Wildman–Crippen MR) is 238 cm³/mol. The number of benzene rings is 3. The maximum atomic E-state index is 9.10. The topological polar surface area (TPSA) is 152 Å². The van der Waals surface area contributed by atoms with E-state index in [0.717, 1.165) is 38.3 Å². The van der Waals surface area contributed by atoms with Crippen molar-refractivity contribution in [2.24, 2.45) is 15.0 Å². The van der Waals surface area contributed by atoms with Gasteiger partial charge in [0.05, 0.1) is 40.0 Å². The second-order valence-electron chi connectivity index (χ2n) is 15.0. The van der Waals surface area contributed by atoms with Crippen molar-refractivity contribution in [3.8, 4) is 35.3 Å². The lowest BCUT2D eigenvalue weighted by atomic mass is 10.1. The quantitative estimate of drug-likeness (QED) is 0.154. The van der Waals surface area contributed by atoms with Crippen LogP contribution >= 0.6 is 24.0 Å². The van der Waals surface area contributed by atoms with E-state index >= 15 is 0 Å². The zero-order chi connectivity index (χ0) is 43.2. The monoisotopic (exact) mass is 844 g/mol. The molecule has 6 aromatic rings. The Balaban J connectivity index is 0.000000138. The van der Waals surface area contributed by atoms with Crippen molar-refractivity contribution in [1.82, 2.24) is 14.5 Å². The molecule has 14 heteroatoms. The van der Waals surface area contributed by atoms with Crippen LogP contribution in [0.25, 0.3) is 0 Å². The van der Waals surface area contributed by atoms with E-state index in [1.54, 1.807) is 48.8 Å². The molecular formula is C47H40N8O4S2. The number of nitriles is 2. The highest BCUT2D eigenvalue weighted by atomic mass is 32.2. The maximum absolute atomic E-state index is 9.10. The summed E-state index contributed by atoms with van der Waals surface area (Å²) in [5.41, 5.74) is 1.66. The van der Waals surface area contributed by atoms with Gasteiger partial charge < -0.3 is 18.9 Å². The van der Waals surface area contributed by atoms with Crippen molar-refractivity contribution in [3.05, 3.63) is 166 Å². The van der Waals surface area contributed by atoms with Gasteiger partial charge in [0.2, 0.25) is 11.8 Å². The van der Waals surface area contributed by atoms with E-state index in [-0.39, 0.29) is 0 Å². The van der Waals surface area contributed by atoms with Gasteiger partial charge in [-0.2, -0.15) is 10.5 Å². The Bertz CT molecular complexity index is 2820. The molecule has 0 spiro atoms. The maximum Gasteiger partial charge on any atom is 0.231 e. The molecule has 3 aliphatic heterocycles. The van der Waals surface area contributed by atoms with Gasteiger partial charge in [-0.3, -0.25) is 4.57 Å². The molecule has 0 aliphatic carbocycles. The highest BCUT2D eigenvalue weighted by Crippen LogP contribution is 2.37. The Morgan fingerprint density at radius 3 is 1.82 bits per heavy atom. The van der Waals surface area contributed by atoms with Gasteiger partial charge in [-0.25, -0.2) is 24.9 Å². The summed E-state index contributed by atoms with van der Waals surface area (Å²) in [7, 11) is 0. The number of pyridine rings is 3. The van der Waals surface area contributed by atoms with Gasteiger partial charge >= 0.3 is 0 Å². The molecule has 0 fully saturated rings. The van der Waals surface area contributed by atoms with Crippen molar-refractivity contribution < 1.29 is 18.9 Å². The minimum absolute atomic E-state index is 0.522. The first-order valence-electron chi connectivity index (χ1n) is 19.1. The van der Waals surface area contributed by atoms with Gasteiger partial charge in [-0.15, -0.1) is 0 Å². The molecule has 304 valence electrons. The van der Waals surface area contributed by atoms with Gasteiger partial charge in [-0.1, -0.05) is 42.5 Å². The number of nitrogens with zero attached hydrogens (tertiary/aromatic N) is 8. The van der Waals surface area contributed by atoms with E-state index in [0.29, 0.717) is 39.1 Å². The summed E-state index contributed by atoms with van der Waals surface area (Å²) in [5, 5.41) is 19.8. The second-order valence-corrected chi connectivity index (χ2v) is 16.4. The third-order valence-electron chi connectivity index (χ3n) is 8.73. The number of hydrogen-bond acceptors (Lipinski definition) is 13. The van der Waals surface area contributed by atoms with Crippen molar-refractivity contribution in [1.29, 1.82) is 10.5 Å². The van der Waals surface area contributed by atoms with Crippen LogP contribution in [0.4, 0.5) is 0 Å². The minimum atomic E-state index is -0.679. The molecule has 3 aromatic heterocycles. The lowest BCUT2D eigenvalue weighted by Gasteiger charge is -2.30. The molecule has 0 amide bonds. The first-order chi connectivity index (χ1) is 29.2. The number of ether oxygens (including phenoxy) is 4. The fourth-order valence-electron chi connectivity index (χ4n) is 6.21. The lowest BCUT2D eigenvalue weighted by molar-refractivity contribution is 0.111. The van der Waals surface area contributed by atoms with Crippen molar-refractivity contribution in [3.63, 3.8) is 0 Å². The zero-order valence-electron chi connectivity index (χ0n) is 34.2. The molecule has 9 rings (SSSR count). The third-order valence-corrected chi connectivity index (χ3v) is 10.0. The Kier molecular flexibility index (Phi) is 12.1. The third kappa shape index (κ3) is 10.4. The van der Waals surface area contributed by atoms with Crippen molar-refractivity contribution >= 4 is 40.8 Å². The molecule has 0 saturated carbocycles. The van der Waals surface area contributed by atoms with E-state index in [2.05, 4.69) is 37.1 Å². The van der Waals surface area contributed by atoms with Crippen LogP contribution in [0.1, 0.15) is 69.4 Å². The van der Waals surface area contributed by atoms with E-state index in [9.17, 15) is 0 Å². The highest BCUT2D eigenvalue weighted by molar-refractivity contribution is 8.14. The molecule has 3 aromatic carbocycles. The minimum Gasteiger partial charge on any atom is -0.466 e. The first kappa shape index (κ1) is 42.0. The second kappa shape index (κ2) is 17.6. The molecule has 0 bridgehead atoms. The standard InChI is InChI=1S/2C16H13N3OS.C15H14N2O2/c1-16(2)18-15(19-8-4-3-5-14(19)21)12-9-11(10-17)6-7-13(12)20-16;1-16(2)19-15(21-14-5-3-4-8-18-14)12-9-11(10-17)6-7-13(12)20-16;1-15(2)17-14(18-13-9-5-6-10-16-13)11-7-3-4-8-12(11)19-15/h2*3-9H,1-2H3;3-10H,1-2H3. The van der Waals surface area contributed by atoms with Crippen LogP contribution < -0.4 is 18.9 Å². The number of rotatable bonds is 2. The smallest absolute Gasteiger partial charge is 0.231 e. The van der Waals surface area contributed by atoms with Crippen LogP contribution in [-0.4, -0.2) is 48.5 Å². The summed E-state index contributed by atoms with van der Waals surface area (Å²) in [4.78, 5) is 22.2. The van der Waals surface area contributed by atoms with Gasteiger partial charge in [-0.05, 0) is 132 Å². The Labute approximate surface area is 363 Å². The number of hydrogen-bond donors (Lipinski definition) is 0.